The fourth-order valence-corrected chi connectivity index (χ4v) is 1.97. The summed E-state index contributed by atoms with van der Waals surface area (Å²) in [6, 6.07) is 0. The first-order valence-electron chi connectivity index (χ1n) is 6.38. The molecule has 1 heterocycles. The number of aromatic nitrogens is 4. The topological polar surface area (TPSA) is 97.6 Å². The Balaban J connectivity index is 2.08. The molecule has 0 bridgehead atoms. The molecule has 21 heavy (non-hydrogen) atoms. The molecule has 0 aromatic carbocycles. The Bertz CT molecular complexity index is 404. The Kier molecular flexibility index (Phi) is 9.70. The van der Waals surface area contributed by atoms with Crippen LogP contribution in [0.2, 0.25) is 0 Å². The van der Waals surface area contributed by atoms with Crippen molar-refractivity contribution in [2.24, 2.45) is 0 Å². The largest absolute Gasteiger partial charge is 0.468 e. The lowest BCUT2D eigenvalue weighted by atomic mass is 10.7. The van der Waals surface area contributed by atoms with Crippen molar-refractivity contribution in [2.75, 3.05) is 53.0 Å². The van der Waals surface area contributed by atoms with Crippen LogP contribution in [0.1, 0.15) is 0 Å². The van der Waals surface area contributed by atoms with Gasteiger partial charge in [0.05, 0.1) is 40.1 Å². The molecule has 0 fully saturated rings. The van der Waals surface area contributed by atoms with E-state index in [2.05, 4.69) is 20.3 Å². The molecule has 0 N–H and O–H groups in total. The average Bonchev–Trinajstić information content (AvgIpc) is 2.92. The van der Waals surface area contributed by atoms with E-state index in [1.807, 2.05) is 0 Å². The van der Waals surface area contributed by atoms with Gasteiger partial charge < -0.3 is 18.9 Å². The molecule has 1 rings (SSSR count). The number of tetrazole rings is 1. The standard InChI is InChI=1S/C11H20N4O5S/c1-17-3-4-19-5-6-20-7-8-21-11-12-13-14-15(11)9-10(16)18-2/h3-9H2,1-2H3. The number of nitrogens with zero attached hydrogens (tertiary/aromatic N) is 4. The van der Waals surface area contributed by atoms with Crippen LogP contribution >= 0.6 is 11.8 Å². The summed E-state index contributed by atoms with van der Waals surface area (Å²) in [5.74, 6) is 0.285. The van der Waals surface area contributed by atoms with Gasteiger partial charge >= 0.3 is 5.97 Å². The van der Waals surface area contributed by atoms with E-state index in [1.165, 1.54) is 23.6 Å². The molecular formula is C11H20N4O5S. The van der Waals surface area contributed by atoms with Gasteiger partial charge in [0.25, 0.3) is 0 Å². The zero-order chi connectivity index (χ0) is 15.3. The maximum atomic E-state index is 11.2. The predicted molar refractivity (Wildman–Crippen MR) is 74.1 cm³/mol. The van der Waals surface area contributed by atoms with Gasteiger partial charge in [-0.05, 0) is 10.4 Å². The van der Waals surface area contributed by atoms with Crippen molar-refractivity contribution in [1.82, 2.24) is 20.2 Å². The summed E-state index contributed by atoms with van der Waals surface area (Å²) >= 11 is 1.41. The van der Waals surface area contributed by atoms with Crippen molar-refractivity contribution in [3.05, 3.63) is 0 Å². The number of hydrogen-bond donors (Lipinski definition) is 0. The molecule has 0 radical (unpaired) electrons. The highest BCUT2D eigenvalue weighted by atomic mass is 32.2. The van der Waals surface area contributed by atoms with E-state index < -0.39 is 5.97 Å². The first-order chi connectivity index (χ1) is 10.3. The van der Waals surface area contributed by atoms with Gasteiger partial charge in [0.15, 0.2) is 0 Å². The van der Waals surface area contributed by atoms with Crippen molar-refractivity contribution >= 4 is 17.7 Å². The van der Waals surface area contributed by atoms with Crippen LogP contribution in [0.4, 0.5) is 0 Å². The third kappa shape index (κ3) is 7.95. The molecule has 0 saturated heterocycles. The Morgan fingerprint density at radius 3 is 2.57 bits per heavy atom. The second-order valence-electron chi connectivity index (χ2n) is 3.76. The van der Waals surface area contributed by atoms with Crippen LogP contribution in [0.25, 0.3) is 0 Å². The molecular weight excluding hydrogens is 300 g/mol. The normalized spacial score (nSPS) is 10.8. The van der Waals surface area contributed by atoms with Gasteiger partial charge in [0.1, 0.15) is 6.54 Å². The second kappa shape index (κ2) is 11.4. The van der Waals surface area contributed by atoms with Crippen LogP contribution in [0.3, 0.4) is 0 Å². The minimum Gasteiger partial charge on any atom is -0.468 e. The van der Waals surface area contributed by atoms with Crippen LogP contribution in [0.5, 0.6) is 0 Å². The highest BCUT2D eigenvalue weighted by Gasteiger charge is 2.10. The van der Waals surface area contributed by atoms with Crippen molar-refractivity contribution in [2.45, 2.75) is 11.7 Å². The molecule has 0 amide bonds. The van der Waals surface area contributed by atoms with E-state index in [0.29, 0.717) is 43.9 Å². The predicted octanol–water partition coefficient (Wildman–Crippen LogP) is -0.382. The highest BCUT2D eigenvalue weighted by Crippen LogP contribution is 2.12. The van der Waals surface area contributed by atoms with Crippen molar-refractivity contribution < 1.29 is 23.7 Å². The van der Waals surface area contributed by atoms with Crippen LogP contribution in [-0.2, 0) is 30.3 Å². The van der Waals surface area contributed by atoms with E-state index in [4.69, 9.17) is 14.2 Å². The smallest absolute Gasteiger partial charge is 0.327 e. The lowest BCUT2D eigenvalue weighted by Crippen LogP contribution is -2.14. The maximum absolute atomic E-state index is 11.2. The third-order valence-corrected chi connectivity index (χ3v) is 3.19. The van der Waals surface area contributed by atoms with Gasteiger partial charge in [0, 0.05) is 12.9 Å². The molecule has 0 aliphatic carbocycles. The number of carbonyl (C=O) groups excluding carboxylic acids is 1. The Labute approximate surface area is 127 Å². The number of hydrogen-bond acceptors (Lipinski definition) is 9. The van der Waals surface area contributed by atoms with E-state index in [0.717, 1.165) is 0 Å². The number of ether oxygens (including phenoxy) is 4. The SMILES string of the molecule is COCCOCCOCCSc1nnnn1CC(=O)OC. The quantitative estimate of drug-likeness (QED) is 0.290. The van der Waals surface area contributed by atoms with Gasteiger partial charge in [-0.15, -0.1) is 5.10 Å². The molecule has 0 aliphatic rings. The Hall–Kier alpha value is -1.23. The van der Waals surface area contributed by atoms with Gasteiger partial charge in [0.2, 0.25) is 5.16 Å². The third-order valence-electron chi connectivity index (χ3n) is 2.27. The highest BCUT2D eigenvalue weighted by molar-refractivity contribution is 7.99. The summed E-state index contributed by atoms with van der Waals surface area (Å²) < 4.78 is 21.5. The summed E-state index contributed by atoms with van der Waals surface area (Å²) in [4.78, 5) is 11.2. The van der Waals surface area contributed by atoms with E-state index in [-0.39, 0.29) is 6.54 Å². The Morgan fingerprint density at radius 2 is 1.86 bits per heavy atom. The first-order valence-corrected chi connectivity index (χ1v) is 7.36. The fourth-order valence-electron chi connectivity index (χ4n) is 1.24. The fraction of sp³-hybridized carbons (Fsp3) is 0.818. The van der Waals surface area contributed by atoms with Crippen molar-refractivity contribution in [3.8, 4) is 0 Å². The van der Waals surface area contributed by atoms with Gasteiger partial charge in [-0.3, -0.25) is 4.79 Å². The van der Waals surface area contributed by atoms with Crippen molar-refractivity contribution in [3.63, 3.8) is 0 Å². The molecule has 0 spiro atoms. The van der Waals surface area contributed by atoms with Crippen LogP contribution in [0.15, 0.2) is 5.16 Å². The van der Waals surface area contributed by atoms with Gasteiger partial charge in [-0.1, -0.05) is 11.8 Å². The number of thioether (sulfide) groups is 1. The van der Waals surface area contributed by atoms with E-state index >= 15 is 0 Å². The average molecular weight is 320 g/mol. The van der Waals surface area contributed by atoms with Crippen molar-refractivity contribution in [1.29, 1.82) is 0 Å². The summed E-state index contributed by atoms with van der Waals surface area (Å²) in [5.41, 5.74) is 0. The van der Waals surface area contributed by atoms with Crippen LogP contribution in [-0.4, -0.2) is 79.2 Å². The monoisotopic (exact) mass is 320 g/mol. The molecule has 0 aliphatic heterocycles. The summed E-state index contributed by atoms with van der Waals surface area (Å²) in [7, 11) is 2.95. The molecule has 120 valence electrons. The minimum absolute atomic E-state index is 0.0000298. The van der Waals surface area contributed by atoms with Crippen LogP contribution in [0, 0.1) is 0 Å². The molecule has 1 aromatic rings. The molecule has 9 nitrogen and oxygen atoms in total. The summed E-state index contributed by atoms with van der Waals surface area (Å²) in [6.07, 6.45) is 0. The number of rotatable bonds is 12. The Morgan fingerprint density at radius 1 is 1.14 bits per heavy atom. The zero-order valence-corrected chi connectivity index (χ0v) is 13.0. The maximum Gasteiger partial charge on any atom is 0.327 e. The lowest BCUT2D eigenvalue weighted by molar-refractivity contribution is -0.141. The molecule has 1 aromatic heterocycles. The first kappa shape index (κ1) is 17.8. The summed E-state index contributed by atoms with van der Waals surface area (Å²) in [6.45, 7) is 2.75. The zero-order valence-electron chi connectivity index (χ0n) is 12.2. The number of carbonyl (C=O) groups is 1. The molecule has 0 saturated carbocycles. The van der Waals surface area contributed by atoms with Gasteiger partial charge in [-0.2, -0.15) is 0 Å². The van der Waals surface area contributed by atoms with Crippen LogP contribution < -0.4 is 0 Å². The van der Waals surface area contributed by atoms with E-state index in [9.17, 15) is 4.79 Å². The summed E-state index contributed by atoms with van der Waals surface area (Å²) in [5, 5.41) is 11.6. The number of esters is 1. The molecule has 10 heteroatoms. The van der Waals surface area contributed by atoms with E-state index in [1.54, 1.807) is 7.11 Å². The van der Waals surface area contributed by atoms with Gasteiger partial charge in [-0.25, -0.2) is 4.68 Å². The number of methoxy groups -OCH3 is 2. The molecule has 0 atom stereocenters. The second-order valence-corrected chi connectivity index (χ2v) is 4.82. The lowest BCUT2D eigenvalue weighted by Gasteiger charge is -2.05. The molecule has 0 unspecified atom stereocenters. The minimum atomic E-state index is -0.395.